The average molecular weight is 1600 g/mol. The van der Waals surface area contributed by atoms with E-state index in [4.69, 9.17) is 0 Å². The van der Waals surface area contributed by atoms with Crippen molar-refractivity contribution in [2.24, 2.45) is 35.5 Å². The van der Waals surface area contributed by atoms with E-state index in [0.717, 1.165) is 180 Å². The molecule has 0 bridgehead atoms. The van der Waals surface area contributed by atoms with Gasteiger partial charge in [-0.05, 0) is 158 Å². The number of thiophene rings is 8. The van der Waals surface area contributed by atoms with E-state index in [0.29, 0.717) is 72.1 Å². The van der Waals surface area contributed by atoms with Crippen molar-refractivity contribution < 1.29 is 19.2 Å². The van der Waals surface area contributed by atoms with Crippen LogP contribution in [-0.4, -0.2) is 69.4 Å². The lowest BCUT2D eigenvalue weighted by atomic mass is 9.95. The van der Waals surface area contributed by atoms with E-state index in [-0.39, 0.29) is 35.5 Å². The number of unbranched alkanes of at least 4 members (excludes halogenated alkanes) is 6. The normalized spacial score (nSPS) is 16.5. The van der Waals surface area contributed by atoms with Crippen molar-refractivity contribution in [2.75, 3.05) is 26.2 Å². The van der Waals surface area contributed by atoms with Crippen LogP contribution in [0.15, 0.2) is 118 Å². The molecule has 8 aromatic heterocycles. The maximum absolute atomic E-state index is 15.8. The highest BCUT2D eigenvalue weighted by Gasteiger charge is 2.52. The molecule has 16 heteroatoms. The molecule has 0 aliphatic carbocycles. The zero-order valence-corrected chi connectivity index (χ0v) is 73.1. The van der Waals surface area contributed by atoms with Gasteiger partial charge in [0.25, 0.3) is 23.6 Å². The molecule has 4 amide bonds. The molecular weight excluding hydrogens is 1480 g/mol. The fourth-order valence-electron chi connectivity index (χ4n) is 16.7. The molecule has 8 nitrogen and oxygen atoms in total. The zero-order chi connectivity index (χ0) is 76.1. The van der Waals surface area contributed by atoms with Crippen LogP contribution in [0.5, 0.6) is 0 Å². The Labute approximate surface area is 679 Å². The molecule has 6 atom stereocenters. The first-order chi connectivity index (χ1) is 52.7. The Morgan fingerprint density at radius 1 is 0.287 bits per heavy atom. The summed E-state index contributed by atoms with van der Waals surface area (Å²) in [7, 11) is 0. The van der Waals surface area contributed by atoms with E-state index in [1.54, 1.807) is 45.3 Å². The summed E-state index contributed by atoms with van der Waals surface area (Å²) >= 11 is 14.3. The first-order valence-electron chi connectivity index (χ1n) is 41.7. The third kappa shape index (κ3) is 17.8. The van der Waals surface area contributed by atoms with Crippen molar-refractivity contribution >= 4 is 137 Å². The predicted molar refractivity (Wildman–Crippen MR) is 471 cm³/mol. The molecule has 0 saturated carbocycles. The summed E-state index contributed by atoms with van der Waals surface area (Å²) in [4.78, 5) is 87.5. The van der Waals surface area contributed by atoms with Crippen LogP contribution in [0.1, 0.15) is 266 Å². The fourth-order valence-corrected chi connectivity index (χ4v) is 25.5. The first kappa shape index (κ1) is 81.9. The second-order valence-corrected chi connectivity index (χ2v) is 39.5. The number of carbonyl (C=O) groups excluding carboxylic acids is 4. The van der Waals surface area contributed by atoms with Gasteiger partial charge < -0.3 is 19.6 Å². The number of nitrogens with zero attached hydrogens (tertiary/aromatic N) is 4. The van der Waals surface area contributed by atoms with Gasteiger partial charge in [-0.25, -0.2) is 0 Å². The van der Waals surface area contributed by atoms with Gasteiger partial charge in [0.05, 0.1) is 74.3 Å². The maximum atomic E-state index is 15.8. The number of fused-ring (bicyclic) bond motifs is 2. The van der Waals surface area contributed by atoms with Gasteiger partial charge in [-0.1, -0.05) is 224 Å². The van der Waals surface area contributed by atoms with Gasteiger partial charge in [0.15, 0.2) is 0 Å². The summed E-state index contributed by atoms with van der Waals surface area (Å²) < 4.78 is 0. The minimum Gasteiger partial charge on any atom is -0.306 e. The Morgan fingerprint density at radius 2 is 0.565 bits per heavy atom. The van der Waals surface area contributed by atoms with Crippen LogP contribution >= 0.6 is 90.7 Å². The monoisotopic (exact) mass is 1600 g/mol. The molecule has 0 aromatic carbocycles. The molecule has 12 heterocycles. The summed E-state index contributed by atoms with van der Waals surface area (Å²) in [6.45, 7) is 29.6. The lowest BCUT2D eigenvalue weighted by molar-refractivity contribution is -0.124. The van der Waals surface area contributed by atoms with Gasteiger partial charge in [0.1, 0.15) is 0 Å². The first-order valence-corrected chi connectivity index (χ1v) is 48.4. The predicted octanol–water partition coefficient (Wildman–Crippen LogP) is 28.5. The van der Waals surface area contributed by atoms with Crippen LogP contribution in [0, 0.1) is 35.5 Å². The third-order valence-corrected chi connectivity index (χ3v) is 32.6. The van der Waals surface area contributed by atoms with E-state index in [1.165, 1.54) is 88.7 Å². The molecule has 4 aliphatic heterocycles. The standard InChI is InChI=1S/C92H118N4O4S8/c1-13-25-33-59(19-7)51-65-41-43-69(103-65)67-53-77(107-87(67)75-47-45-73(105-75)85-81-79(89(97)95(85)57-63(23-11)37-29-17-5)83(71-39-31-49-101-71)93(91(81)99)55-61(21-9)35-27-15-3)78-54-68(70-44-42-66(104-70)52-60(20-8)34-26-14-2)88(108-78)76-48-46-74(106-76)86-82-80(90(98)96(86)58-64(24-12)38-30-18-6)84(72-40-32-50-102-72)94(92(82)100)56-62(22-10)36-28-16-4/h31-32,39-50,53-54,59-64H,13-30,33-38,51-52,55-58H2,1-12H3. The van der Waals surface area contributed by atoms with Gasteiger partial charge >= 0.3 is 0 Å². The second kappa shape index (κ2) is 38.8. The highest BCUT2D eigenvalue weighted by atomic mass is 32.1. The summed E-state index contributed by atoms with van der Waals surface area (Å²) in [5, 5.41) is 4.16. The SMILES string of the molecule is CCCCC(CC)Cc1ccc(-c2cc(-c3cc(-c4ccc(CC(CC)CCCC)s4)c(-c4ccc(C5=C6C(=O)N(CC(CC)CCCC)C(c7cccs7)=C6C(=O)N5CC(CC)CCCC)s4)s3)sc2-c2ccc(C3=C4C(=O)N(CC(CC)CCCC)C(c5cccs5)=C4C(=O)N3CC(CC)CCCC)s2)s1. The summed E-state index contributed by atoms with van der Waals surface area (Å²) in [5.41, 5.74) is 7.93. The Balaban J connectivity index is 1.02. The van der Waals surface area contributed by atoms with Crippen LogP contribution in [0.3, 0.4) is 0 Å². The van der Waals surface area contributed by atoms with E-state index in [1.807, 2.05) is 64.9 Å². The van der Waals surface area contributed by atoms with Crippen molar-refractivity contribution in [3.8, 4) is 50.1 Å². The topological polar surface area (TPSA) is 81.2 Å². The van der Waals surface area contributed by atoms with Gasteiger partial charge in [0.2, 0.25) is 0 Å². The number of hydrogen-bond donors (Lipinski definition) is 0. The van der Waals surface area contributed by atoms with Crippen LogP contribution in [0.2, 0.25) is 0 Å². The second-order valence-electron chi connectivity index (χ2n) is 31.0. The Morgan fingerprint density at radius 3 is 0.843 bits per heavy atom. The maximum Gasteiger partial charge on any atom is 0.261 e. The van der Waals surface area contributed by atoms with Crippen molar-refractivity contribution in [1.29, 1.82) is 0 Å². The molecule has 0 spiro atoms. The smallest absolute Gasteiger partial charge is 0.261 e. The van der Waals surface area contributed by atoms with Gasteiger partial charge in [-0.15, -0.1) is 90.7 Å². The fraction of sp³-hybridized carbons (Fsp3) is 0.522. The van der Waals surface area contributed by atoms with E-state index in [9.17, 15) is 0 Å². The summed E-state index contributed by atoms with van der Waals surface area (Å²) in [6.07, 6.45) is 28.6. The summed E-state index contributed by atoms with van der Waals surface area (Å²) in [5.74, 6) is 2.33. The highest BCUT2D eigenvalue weighted by molar-refractivity contribution is 7.30. The molecule has 108 heavy (non-hydrogen) atoms. The number of rotatable bonds is 45. The Hall–Kier alpha value is -5.56. The molecule has 0 N–H and O–H groups in total. The minimum absolute atomic E-state index is 0.0391. The summed E-state index contributed by atoms with van der Waals surface area (Å²) in [6, 6.07) is 31.8. The van der Waals surface area contributed by atoms with Crippen molar-refractivity contribution in [3.63, 3.8) is 0 Å². The lowest BCUT2D eigenvalue weighted by Gasteiger charge is -2.29. The number of hydrogen-bond acceptors (Lipinski definition) is 12. The van der Waals surface area contributed by atoms with Crippen LogP contribution < -0.4 is 0 Å². The van der Waals surface area contributed by atoms with Gasteiger partial charge in [-0.2, -0.15) is 0 Å². The van der Waals surface area contributed by atoms with Crippen molar-refractivity contribution in [2.45, 2.75) is 250 Å². The minimum atomic E-state index is -0.0391. The molecule has 8 aromatic rings. The highest BCUT2D eigenvalue weighted by Crippen LogP contribution is 2.57. The van der Waals surface area contributed by atoms with Gasteiger partial charge in [-0.3, -0.25) is 19.2 Å². The van der Waals surface area contributed by atoms with E-state index in [2.05, 4.69) is 179 Å². The van der Waals surface area contributed by atoms with E-state index >= 15 is 19.2 Å². The van der Waals surface area contributed by atoms with Crippen LogP contribution in [-0.2, 0) is 32.0 Å². The number of carbonyl (C=O) groups is 4. The molecule has 0 fully saturated rings. The molecular formula is C92H118N4O4S8. The average Bonchev–Trinajstić information content (AvgIpc) is 1.56. The van der Waals surface area contributed by atoms with Crippen molar-refractivity contribution in [1.82, 2.24) is 19.6 Å². The Bertz CT molecular complexity index is 4190. The van der Waals surface area contributed by atoms with Crippen LogP contribution in [0.4, 0.5) is 0 Å². The molecule has 578 valence electrons. The Kier molecular flexibility index (Phi) is 29.4. The largest absolute Gasteiger partial charge is 0.306 e. The lowest BCUT2D eigenvalue weighted by Crippen LogP contribution is -2.34. The molecule has 12 rings (SSSR count). The molecule has 0 radical (unpaired) electrons. The molecule has 0 saturated heterocycles. The van der Waals surface area contributed by atoms with E-state index < -0.39 is 0 Å². The quantitative estimate of drug-likeness (QED) is 0.0381. The zero-order valence-electron chi connectivity index (χ0n) is 66.6. The third-order valence-electron chi connectivity index (χ3n) is 23.6. The van der Waals surface area contributed by atoms with Crippen molar-refractivity contribution in [3.05, 3.63) is 147 Å². The van der Waals surface area contributed by atoms with Crippen LogP contribution in [0.25, 0.3) is 72.9 Å². The number of amides is 4. The molecule has 6 unspecified atom stereocenters. The van der Waals surface area contributed by atoms with Gasteiger partial charge in [0, 0.05) is 76.3 Å². The molecule has 4 aliphatic rings.